The van der Waals surface area contributed by atoms with Crippen LogP contribution in [0.2, 0.25) is 0 Å². The molecule has 0 amide bonds. The number of carbonyl (C=O) groups is 1. The normalized spacial score (nSPS) is 10.7. The molecule has 1 heterocycles. The number of aryl methyl sites for hydroxylation is 1. The van der Waals surface area contributed by atoms with Gasteiger partial charge in [0.25, 0.3) is 0 Å². The third-order valence-corrected chi connectivity index (χ3v) is 3.35. The van der Waals surface area contributed by atoms with Gasteiger partial charge >= 0.3 is 0 Å². The summed E-state index contributed by atoms with van der Waals surface area (Å²) in [6.45, 7) is 3.74. The molecule has 0 aliphatic rings. The van der Waals surface area contributed by atoms with E-state index in [1.807, 2.05) is 6.07 Å². The molecule has 0 aliphatic carbocycles. The van der Waals surface area contributed by atoms with Gasteiger partial charge in [-0.1, -0.05) is 12.1 Å². The Labute approximate surface area is 87.4 Å². The maximum Gasteiger partial charge on any atom is 0.134 e. The van der Waals surface area contributed by atoms with Crippen molar-refractivity contribution in [2.24, 2.45) is 0 Å². The molecule has 0 bridgehead atoms. The summed E-state index contributed by atoms with van der Waals surface area (Å²) < 4.78 is 1.28. The summed E-state index contributed by atoms with van der Waals surface area (Å²) in [7, 11) is 0. The Balaban J connectivity index is 2.46. The highest BCUT2D eigenvalue weighted by Crippen LogP contribution is 2.26. The Morgan fingerprint density at radius 2 is 2.21 bits per heavy atom. The Kier molecular flexibility index (Phi) is 2.38. The van der Waals surface area contributed by atoms with E-state index < -0.39 is 0 Å². The molecular weight excluding hydrogens is 192 g/mol. The molecule has 72 valence electrons. The molecular formula is C12H12OS. The van der Waals surface area contributed by atoms with Gasteiger partial charge in [0.1, 0.15) is 5.78 Å². The average molecular weight is 204 g/mol. The minimum absolute atomic E-state index is 0.220. The minimum atomic E-state index is 0.220. The van der Waals surface area contributed by atoms with Gasteiger partial charge in [0.15, 0.2) is 0 Å². The zero-order chi connectivity index (χ0) is 10.1. The van der Waals surface area contributed by atoms with Crippen molar-refractivity contribution in [2.75, 3.05) is 0 Å². The van der Waals surface area contributed by atoms with E-state index in [1.165, 1.54) is 15.6 Å². The van der Waals surface area contributed by atoms with E-state index in [-0.39, 0.29) is 5.78 Å². The number of hydrogen-bond acceptors (Lipinski definition) is 2. The van der Waals surface area contributed by atoms with Crippen molar-refractivity contribution in [2.45, 2.75) is 20.3 Å². The van der Waals surface area contributed by atoms with Crippen LogP contribution in [0.3, 0.4) is 0 Å². The second-order valence-corrected chi connectivity index (χ2v) is 4.54. The molecule has 14 heavy (non-hydrogen) atoms. The topological polar surface area (TPSA) is 17.1 Å². The molecule has 0 spiro atoms. The van der Waals surface area contributed by atoms with E-state index in [1.54, 1.807) is 18.3 Å². The molecule has 0 unspecified atom stereocenters. The van der Waals surface area contributed by atoms with E-state index >= 15 is 0 Å². The van der Waals surface area contributed by atoms with Crippen LogP contribution >= 0.6 is 11.3 Å². The molecule has 0 atom stereocenters. The first-order valence-corrected chi connectivity index (χ1v) is 5.51. The molecule has 2 rings (SSSR count). The highest BCUT2D eigenvalue weighted by atomic mass is 32.1. The first kappa shape index (κ1) is 9.41. The summed E-state index contributed by atoms with van der Waals surface area (Å²) in [4.78, 5) is 11.0. The molecule has 0 saturated heterocycles. The van der Waals surface area contributed by atoms with E-state index in [0.717, 1.165) is 5.56 Å². The molecule has 0 aliphatic heterocycles. The second-order valence-electron chi connectivity index (χ2n) is 3.63. The number of benzene rings is 1. The molecule has 2 heteroatoms. The lowest BCUT2D eigenvalue weighted by molar-refractivity contribution is -0.116. The molecule has 1 nitrogen and oxygen atoms in total. The van der Waals surface area contributed by atoms with Gasteiger partial charge in [-0.05, 0) is 41.8 Å². The third-order valence-electron chi connectivity index (χ3n) is 2.29. The van der Waals surface area contributed by atoms with Crippen LogP contribution in [0.25, 0.3) is 10.1 Å². The molecule has 1 aromatic heterocycles. The number of Topliss-reactive ketones (excluding diaryl/α,β-unsaturated/α-hetero) is 1. The standard InChI is InChI=1S/C12H12OS/c1-8-7-14-12-6-10(5-9(2)13)3-4-11(8)12/h3-4,6-7H,5H2,1-2H3. The summed E-state index contributed by atoms with van der Waals surface area (Å²) in [5.41, 5.74) is 2.44. The lowest BCUT2D eigenvalue weighted by Gasteiger charge is -1.98. The van der Waals surface area contributed by atoms with E-state index in [0.29, 0.717) is 6.42 Å². The van der Waals surface area contributed by atoms with Gasteiger partial charge in [0, 0.05) is 11.1 Å². The van der Waals surface area contributed by atoms with Crippen molar-refractivity contribution in [3.05, 3.63) is 34.7 Å². The van der Waals surface area contributed by atoms with Crippen LogP contribution in [0.4, 0.5) is 0 Å². The first-order valence-electron chi connectivity index (χ1n) is 4.63. The minimum Gasteiger partial charge on any atom is -0.300 e. The Bertz CT molecular complexity index is 482. The average Bonchev–Trinajstić information content (AvgIpc) is 2.46. The Morgan fingerprint density at radius 3 is 2.93 bits per heavy atom. The van der Waals surface area contributed by atoms with Crippen molar-refractivity contribution in [1.82, 2.24) is 0 Å². The zero-order valence-corrected chi connectivity index (χ0v) is 9.15. The van der Waals surface area contributed by atoms with Crippen molar-refractivity contribution >= 4 is 27.2 Å². The molecule has 0 radical (unpaired) electrons. The smallest absolute Gasteiger partial charge is 0.134 e. The van der Waals surface area contributed by atoms with Crippen LogP contribution in [0.5, 0.6) is 0 Å². The zero-order valence-electron chi connectivity index (χ0n) is 8.33. The third kappa shape index (κ3) is 1.70. The van der Waals surface area contributed by atoms with Gasteiger partial charge in [0.2, 0.25) is 0 Å². The van der Waals surface area contributed by atoms with Crippen molar-refractivity contribution in [3.63, 3.8) is 0 Å². The van der Waals surface area contributed by atoms with Gasteiger partial charge in [-0.25, -0.2) is 0 Å². The lowest BCUT2D eigenvalue weighted by Crippen LogP contribution is -1.95. The molecule has 2 aromatic rings. The van der Waals surface area contributed by atoms with E-state index in [2.05, 4.69) is 24.4 Å². The summed E-state index contributed by atoms with van der Waals surface area (Å²) in [5, 5.41) is 3.46. The SMILES string of the molecule is CC(=O)Cc1ccc2c(C)csc2c1. The first-order chi connectivity index (χ1) is 6.66. The second kappa shape index (κ2) is 3.54. The maximum absolute atomic E-state index is 11.0. The number of rotatable bonds is 2. The lowest BCUT2D eigenvalue weighted by atomic mass is 10.1. The van der Waals surface area contributed by atoms with Crippen LogP contribution in [0, 0.1) is 6.92 Å². The number of hydrogen-bond donors (Lipinski definition) is 0. The van der Waals surface area contributed by atoms with Gasteiger partial charge in [-0.15, -0.1) is 11.3 Å². The highest BCUT2D eigenvalue weighted by molar-refractivity contribution is 7.17. The highest BCUT2D eigenvalue weighted by Gasteiger charge is 2.02. The maximum atomic E-state index is 11.0. The fourth-order valence-electron chi connectivity index (χ4n) is 1.60. The number of fused-ring (bicyclic) bond motifs is 1. The van der Waals surface area contributed by atoms with Gasteiger partial charge < -0.3 is 0 Å². The predicted molar refractivity (Wildman–Crippen MR) is 60.9 cm³/mol. The fourth-order valence-corrected chi connectivity index (χ4v) is 2.61. The molecule has 0 saturated carbocycles. The van der Waals surface area contributed by atoms with Crippen LogP contribution in [-0.2, 0) is 11.2 Å². The summed E-state index contributed by atoms with van der Waals surface area (Å²) in [6.07, 6.45) is 0.548. The van der Waals surface area contributed by atoms with Crippen LogP contribution in [-0.4, -0.2) is 5.78 Å². The monoisotopic (exact) mass is 204 g/mol. The van der Waals surface area contributed by atoms with E-state index in [4.69, 9.17) is 0 Å². The van der Waals surface area contributed by atoms with Crippen molar-refractivity contribution < 1.29 is 4.79 Å². The predicted octanol–water partition coefficient (Wildman–Crippen LogP) is 3.34. The Morgan fingerprint density at radius 1 is 1.43 bits per heavy atom. The summed E-state index contributed by atoms with van der Waals surface area (Å²) in [5.74, 6) is 0.220. The van der Waals surface area contributed by atoms with Gasteiger partial charge in [0.05, 0.1) is 0 Å². The van der Waals surface area contributed by atoms with Crippen molar-refractivity contribution in [3.8, 4) is 0 Å². The van der Waals surface area contributed by atoms with Gasteiger partial charge in [-0.3, -0.25) is 4.79 Å². The summed E-state index contributed by atoms with van der Waals surface area (Å²) >= 11 is 1.74. The fraction of sp³-hybridized carbons (Fsp3) is 0.250. The van der Waals surface area contributed by atoms with E-state index in [9.17, 15) is 4.79 Å². The molecule has 0 N–H and O–H groups in total. The van der Waals surface area contributed by atoms with Crippen molar-refractivity contribution in [1.29, 1.82) is 0 Å². The van der Waals surface area contributed by atoms with Crippen LogP contribution in [0.15, 0.2) is 23.6 Å². The summed E-state index contributed by atoms with van der Waals surface area (Å²) in [6, 6.07) is 6.28. The quantitative estimate of drug-likeness (QED) is 0.733. The van der Waals surface area contributed by atoms with Gasteiger partial charge in [-0.2, -0.15) is 0 Å². The largest absolute Gasteiger partial charge is 0.300 e. The number of carbonyl (C=O) groups excluding carboxylic acids is 1. The molecule has 1 aromatic carbocycles. The number of thiophene rings is 1. The Hall–Kier alpha value is -1.15. The van der Waals surface area contributed by atoms with Crippen LogP contribution < -0.4 is 0 Å². The number of ketones is 1. The molecule has 0 fully saturated rings. The van der Waals surface area contributed by atoms with Crippen LogP contribution in [0.1, 0.15) is 18.1 Å².